The SMILES string of the molecule is NC(N)(O)COCCOCCOCCOCCOCCO. The maximum atomic E-state index is 8.96. The minimum atomic E-state index is -1.80. The van der Waals surface area contributed by atoms with Crippen molar-refractivity contribution in [1.29, 1.82) is 0 Å². The second-order valence-electron chi connectivity index (χ2n) is 4.22. The first-order valence-corrected chi connectivity index (χ1v) is 6.86. The van der Waals surface area contributed by atoms with Crippen LogP contribution in [0.5, 0.6) is 0 Å². The number of nitrogens with two attached hydrogens (primary N) is 2. The van der Waals surface area contributed by atoms with E-state index in [9.17, 15) is 0 Å². The molecule has 0 saturated heterocycles. The first-order valence-electron chi connectivity index (χ1n) is 6.86. The van der Waals surface area contributed by atoms with Crippen molar-refractivity contribution in [3.8, 4) is 0 Å². The zero-order chi connectivity index (χ0) is 15.8. The summed E-state index contributed by atoms with van der Waals surface area (Å²) in [5.41, 5.74) is 10.2. The van der Waals surface area contributed by atoms with E-state index in [2.05, 4.69) is 0 Å². The fraction of sp³-hybridized carbons (Fsp3) is 1.00. The Morgan fingerprint density at radius 3 is 1.29 bits per heavy atom. The summed E-state index contributed by atoms with van der Waals surface area (Å²) in [6.45, 7) is 3.68. The van der Waals surface area contributed by atoms with Gasteiger partial charge in [0.15, 0.2) is 5.85 Å². The predicted octanol–water partition coefficient (Wildman–Crippen LogP) is -2.37. The maximum Gasteiger partial charge on any atom is 0.191 e. The van der Waals surface area contributed by atoms with E-state index < -0.39 is 5.85 Å². The average Bonchev–Trinajstić information content (AvgIpc) is 2.42. The van der Waals surface area contributed by atoms with E-state index in [1.807, 2.05) is 0 Å². The fourth-order valence-electron chi connectivity index (χ4n) is 1.18. The molecule has 0 amide bonds. The molecule has 0 aliphatic rings. The van der Waals surface area contributed by atoms with Crippen LogP contribution in [-0.4, -0.2) is 88.7 Å². The minimum Gasteiger partial charge on any atom is -0.394 e. The zero-order valence-corrected chi connectivity index (χ0v) is 12.4. The molecule has 0 aliphatic heterocycles. The van der Waals surface area contributed by atoms with E-state index in [0.29, 0.717) is 59.5 Å². The Balaban J connectivity index is 3.00. The smallest absolute Gasteiger partial charge is 0.191 e. The number of ether oxygens (including phenoxy) is 5. The molecular weight excluding hydrogens is 284 g/mol. The summed E-state index contributed by atoms with van der Waals surface area (Å²) in [4.78, 5) is 0. The van der Waals surface area contributed by atoms with Crippen molar-refractivity contribution in [3.63, 3.8) is 0 Å². The topological polar surface area (TPSA) is 139 Å². The van der Waals surface area contributed by atoms with Crippen molar-refractivity contribution in [2.24, 2.45) is 11.5 Å². The molecule has 0 saturated carbocycles. The fourth-order valence-corrected chi connectivity index (χ4v) is 1.18. The molecule has 0 aromatic heterocycles. The van der Waals surface area contributed by atoms with E-state index in [1.54, 1.807) is 0 Å². The summed E-state index contributed by atoms with van der Waals surface area (Å²) in [6, 6.07) is 0. The Hall–Kier alpha value is -0.360. The second-order valence-corrected chi connectivity index (χ2v) is 4.22. The van der Waals surface area contributed by atoms with Gasteiger partial charge in [-0.3, -0.25) is 11.5 Å². The van der Waals surface area contributed by atoms with Crippen molar-refractivity contribution < 1.29 is 33.9 Å². The number of hydrogen-bond donors (Lipinski definition) is 4. The van der Waals surface area contributed by atoms with Crippen LogP contribution >= 0.6 is 0 Å². The molecule has 0 fully saturated rings. The summed E-state index contributed by atoms with van der Waals surface area (Å²) in [5.74, 6) is -1.80. The van der Waals surface area contributed by atoms with Crippen LogP contribution in [0.1, 0.15) is 0 Å². The van der Waals surface area contributed by atoms with Crippen LogP contribution in [0.2, 0.25) is 0 Å². The molecule has 0 aromatic rings. The van der Waals surface area contributed by atoms with Crippen LogP contribution in [0.25, 0.3) is 0 Å². The van der Waals surface area contributed by atoms with Crippen molar-refractivity contribution in [2.45, 2.75) is 5.85 Å². The molecule has 0 aliphatic carbocycles. The van der Waals surface area contributed by atoms with E-state index >= 15 is 0 Å². The number of hydrogen-bond acceptors (Lipinski definition) is 9. The van der Waals surface area contributed by atoms with Gasteiger partial charge in [-0.15, -0.1) is 0 Å². The van der Waals surface area contributed by atoms with Gasteiger partial charge >= 0.3 is 0 Å². The molecule has 0 aromatic carbocycles. The van der Waals surface area contributed by atoms with E-state index in [0.717, 1.165) is 0 Å². The van der Waals surface area contributed by atoms with Crippen LogP contribution in [0.3, 0.4) is 0 Å². The van der Waals surface area contributed by atoms with Crippen LogP contribution in [-0.2, 0) is 23.7 Å². The van der Waals surface area contributed by atoms with E-state index in [4.69, 9.17) is 45.4 Å². The first kappa shape index (κ1) is 20.6. The van der Waals surface area contributed by atoms with Gasteiger partial charge in [0.05, 0.1) is 66.1 Å². The molecule has 128 valence electrons. The molecule has 0 bridgehead atoms. The molecule has 0 radical (unpaired) electrons. The molecule has 0 unspecified atom stereocenters. The monoisotopic (exact) mass is 312 g/mol. The number of rotatable bonds is 16. The Bertz CT molecular complexity index is 214. The number of aliphatic hydroxyl groups is 2. The van der Waals surface area contributed by atoms with Crippen LogP contribution in [0, 0.1) is 0 Å². The van der Waals surface area contributed by atoms with Crippen molar-refractivity contribution in [2.75, 3.05) is 72.7 Å². The van der Waals surface area contributed by atoms with Gasteiger partial charge in [0.2, 0.25) is 0 Å². The van der Waals surface area contributed by atoms with Crippen LogP contribution in [0.4, 0.5) is 0 Å². The predicted molar refractivity (Wildman–Crippen MR) is 74.5 cm³/mol. The Morgan fingerprint density at radius 2 is 0.952 bits per heavy atom. The van der Waals surface area contributed by atoms with Crippen LogP contribution < -0.4 is 11.5 Å². The summed E-state index contributed by atoms with van der Waals surface area (Å²) in [6.07, 6.45) is 0. The van der Waals surface area contributed by atoms with Gasteiger partial charge in [-0.25, -0.2) is 0 Å². The highest BCUT2D eigenvalue weighted by Gasteiger charge is 2.12. The molecule has 0 heterocycles. The second kappa shape index (κ2) is 14.6. The Kier molecular flexibility index (Phi) is 14.3. The van der Waals surface area contributed by atoms with Crippen molar-refractivity contribution in [3.05, 3.63) is 0 Å². The molecule has 9 nitrogen and oxygen atoms in total. The van der Waals surface area contributed by atoms with Gasteiger partial charge in [0, 0.05) is 0 Å². The quantitative estimate of drug-likeness (QED) is 0.182. The third kappa shape index (κ3) is 19.6. The third-order valence-electron chi connectivity index (χ3n) is 2.06. The summed E-state index contributed by atoms with van der Waals surface area (Å²) in [7, 11) is 0. The van der Waals surface area contributed by atoms with Gasteiger partial charge in [-0.05, 0) is 0 Å². The summed E-state index contributed by atoms with van der Waals surface area (Å²) >= 11 is 0. The molecule has 9 heteroatoms. The standard InChI is InChI=1S/C12H28N2O7/c13-12(14,16)11-21-10-9-20-8-7-19-6-5-18-4-3-17-2-1-15/h15-16H,1-11,13-14H2. The normalized spacial score (nSPS) is 12.0. The molecule has 0 atom stereocenters. The van der Waals surface area contributed by atoms with Gasteiger partial charge in [0.25, 0.3) is 0 Å². The molecule has 6 N–H and O–H groups in total. The molecule has 0 spiro atoms. The lowest BCUT2D eigenvalue weighted by atomic mass is 10.5. The lowest BCUT2D eigenvalue weighted by Crippen LogP contribution is -2.53. The minimum absolute atomic E-state index is 0.0213. The van der Waals surface area contributed by atoms with E-state index in [-0.39, 0.29) is 13.2 Å². The lowest BCUT2D eigenvalue weighted by Gasteiger charge is -2.16. The number of aliphatic hydroxyl groups excluding tert-OH is 1. The maximum absolute atomic E-state index is 8.96. The van der Waals surface area contributed by atoms with Gasteiger partial charge in [-0.2, -0.15) is 0 Å². The highest BCUT2D eigenvalue weighted by atomic mass is 16.6. The van der Waals surface area contributed by atoms with Gasteiger partial charge in [0.1, 0.15) is 6.61 Å². The summed E-state index contributed by atoms with van der Waals surface area (Å²) < 4.78 is 25.7. The lowest BCUT2D eigenvalue weighted by molar-refractivity contribution is -0.0561. The average molecular weight is 312 g/mol. The van der Waals surface area contributed by atoms with Crippen molar-refractivity contribution >= 4 is 0 Å². The van der Waals surface area contributed by atoms with E-state index in [1.165, 1.54) is 0 Å². The Morgan fingerprint density at radius 1 is 0.619 bits per heavy atom. The van der Waals surface area contributed by atoms with Crippen LogP contribution in [0.15, 0.2) is 0 Å². The van der Waals surface area contributed by atoms with Crippen molar-refractivity contribution in [1.82, 2.24) is 0 Å². The molecule has 0 rings (SSSR count). The first-order chi connectivity index (χ1) is 10.1. The Labute approximate surface area is 125 Å². The summed E-state index contributed by atoms with van der Waals surface area (Å²) in [5, 5.41) is 17.4. The molecule has 21 heavy (non-hydrogen) atoms. The van der Waals surface area contributed by atoms with Gasteiger partial charge < -0.3 is 33.9 Å². The highest BCUT2D eigenvalue weighted by Crippen LogP contribution is 1.87. The largest absolute Gasteiger partial charge is 0.394 e. The highest BCUT2D eigenvalue weighted by molar-refractivity contribution is 4.57. The third-order valence-corrected chi connectivity index (χ3v) is 2.06. The zero-order valence-electron chi connectivity index (χ0n) is 12.4. The molecular formula is C12H28N2O7. The van der Waals surface area contributed by atoms with Gasteiger partial charge in [-0.1, -0.05) is 0 Å².